The summed E-state index contributed by atoms with van der Waals surface area (Å²) in [4.78, 5) is 21.2. The lowest BCUT2D eigenvalue weighted by Crippen LogP contribution is -2.48. The van der Waals surface area contributed by atoms with Gasteiger partial charge < -0.3 is 15.5 Å². The lowest BCUT2D eigenvalue weighted by atomic mass is 10.1. The molecule has 2 N–H and O–H groups in total. The molecule has 1 aromatic carbocycles. The molecule has 1 fully saturated rings. The topological polar surface area (TPSA) is 60.5 Å². The van der Waals surface area contributed by atoms with E-state index in [0.717, 1.165) is 49.8 Å². The quantitative estimate of drug-likeness (QED) is 0.903. The van der Waals surface area contributed by atoms with Gasteiger partial charge in [-0.05, 0) is 49.7 Å². The van der Waals surface area contributed by atoms with Crippen LogP contribution in [0.3, 0.4) is 0 Å². The Balaban J connectivity index is 1.53. The van der Waals surface area contributed by atoms with Crippen LogP contribution in [0, 0.1) is 5.92 Å². The number of rotatable bonds is 3. The summed E-state index contributed by atoms with van der Waals surface area (Å²) in [6, 6.07) is 13.9. The van der Waals surface area contributed by atoms with E-state index in [1.54, 1.807) is 6.20 Å². The van der Waals surface area contributed by atoms with Crippen molar-refractivity contribution in [2.75, 3.05) is 42.5 Å². The molecular formula is C19H23N5O. The number of nitrogens with one attached hydrogen (secondary N) is 2. The zero-order chi connectivity index (χ0) is 17.1. The van der Waals surface area contributed by atoms with Crippen molar-refractivity contribution < 1.29 is 4.79 Å². The fraction of sp³-hybridized carbons (Fsp3) is 0.368. The van der Waals surface area contributed by atoms with Crippen LogP contribution in [-0.2, 0) is 0 Å². The Kier molecular flexibility index (Phi) is 4.52. The van der Waals surface area contributed by atoms with Crippen molar-refractivity contribution in [3.63, 3.8) is 0 Å². The van der Waals surface area contributed by atoms with E-state index in [1.165, 1.54) is 0 Å². The van der Waals surface area contributed by atoms with Crippen molar-refractivity contribution >= 4 is 23.2 Å². The molecule has 2 aliphatic rings. The van der Waals surface area contributed by atoms with Crippen LogP contribution in [0.2, 0.25) is 0 Å². The molecule has 2 aliphatic heterocycles. The van der Waals surface area contributed by atoms with E-state index in [-0.39, 0.29) is 6.03 Å². The number of urea groups is 1. The van der Waals surface area contributed by atoms with Crippen LogP contribution in [0.25, 0.3) is 0 Å². The lowest BCUT2D eigenvalue weighted by molar-refractivity contribution is 0.244. The fourth-order valence-electron chi connectivity index (χ4n) is 3.54. The Bertz CT molecular complexity index is 730. The third-order valence-electron chi connectivity index (χ3n) is 4.89. The second kappa shape index (κ2) is 7.11. The molecule has 6 heteroatoms. The van der Waals surface area contributed by atoms with Crippen molar-refractivity contribution in [1.29, 1.82) is 0 Å². The summed E-state index contributed by atoms with van der Waals surface area (Å²) in [5.74, 6) is 1.45. The molecule has 0 unspecified atom stereocenters. The van der Waals surface area contributed by atoms with Gasteiger partial charge in [0.2, 0.25) is 0 Å². The molecule has 0 saturated carbocycles. The summed E-state index contributed by atoms with van der Waals surface area (Å²) >= 11 is 0. The number of carbonyl (C=O) groups is 1. The van der Waals surface area contributed by atoms with E-state index in [9.17, 15) is 4.79 Å². The monoisotopic (exact) mass is 337 g/mol. The first-order valence-electron chi connectivity index (χ1n) is 8.86. The van der Waals surface area contributed by atoms with Gasteiger partial charge in [0.05, 0.1) is 11.4 Å². The van der Waals surface area contributed by atoms with Crippen molar-refractivity contribution in [2.45, 2.75) is 6.42 Å². The third-order valence-corrected chi connectivity index (χ3v) is 4.89. The maximum Gasteiger partial charge on any atom is 0.322 e. The standard InChI is InChI=1S/C19H23N5O/c25-19(22-14-15-8-10-20-13-15)24-12-11-23(18-7-3-4-9-21-18)16-5-1-2-6-17(16)24/h1-7,9,15,20H,8,10-14H2,(H,22,25)/t15-/m0/s1. The summed E-state index contributed by atoms with van der Waals surface area (Å²) in [5.41, 5.74) is 1.95. The minimum absolute atomic E-state index is 0.0139. The molecule has 2 amide bonds. The van der Waals surface area contributed by atoms with Gasteiger partial charge in [0.15, 0.2) is 0 Å². The number of anilines is 3. The number of fused-ring (bicyclic) bond motifs is 1. The number of hydrogen-bond acceptors (Lipinski definition) is 4. The molecule has 0 spiro atoms. The number of para-hydroxylation sites is 2. The number of benzene rings is 1. The summed E-state index contributed by atoms with van der Waals surface area (Å²) in [6.07, 6.45) is 2.93. The predicted octanol–water partition coefficient (Wildman–Crippen LogP) is 2.36. The van der Waals surface area contributed by atoms with Crippen LogP contribution in [-0.4, -0.2) is 43.7 Å². The highest BCUT2D eigenvalue weighted by atomic mass is 16.2. The highest BCUT2D eigenvalue weighted by molar-refractivity contribution is 5.97. The maximum absolute atomic E-state index is 12.7. The van der Waals surface area contributed by atoms with Crippen LogP contribution >= 0.6 is 0 Å². The van der Waals surface area contributed by atoms with Gasteiger partial charge in [-0.25, -0.2) is 9.78 Å². The van der Waals surface area contributed by atoms with E-state index < -0.39 is 0 Å². The molecule has 3 heterocycles. The van der Waals surface area contributed by atoms with E-state index in [0.29, 0.717) is 12.5 Å². The van der Waals surface area contributed by atoms with Crippen molar-refractivity contribution in [1.82, 2.24) is 15.6 Å². The smallest absolute Gasteiger partial charge is 0.322 e. The highest BCUT2D eigenvalue weighted by Crippen LogP contribution is 2.36. The number of nitrogens with zero attached hydrogens (tertiary/aromatic N) is 3. The summed E-state index contributed by atoms with van der Waals surface area (Å²) in [6.45, 7) is 4.14. The van der Waals surface area contributed by atoms with E-state index in [1.807, 2.05) is 47.4 Å². The average molecular weight is 337 g/mol. The second-order valence-electron chi connectivity index (χ2n) is 6.52. The van der Waals surface area contributed by atoms with Crippen molar-refractivity contribution in [3.8, 4) is 0 Å². The Morgan fingerprint density at radius 3 is 2.76 bits per heavy atom. The van der Waals surface area contributed by atoms with E-state index >= 15 is 0 Å². The first-order chi connectivity index (χ1) is 12.3. The normalized spacial score (nSPS) is 19.6. The minimum Gasteiger partial charge on any atom is -0.337 e. The molecule has 6 nitrogen and oxygen atoms in total. The summed E-state index contributed by atoms with van der Waals surface area (Å²) in [5, 5.41) is 6.44. The summed E-state index contributed by atoms with van der Waals surface area (Å²) < 4.78 is 0. The first kappa shape index (κ1) is 15.9. The zero-order valence-corrected chi connectivity index (χ0v) is 14.2. The molecule has 2 aromatic rings. The number of pyridine rings is 1. The maximum atomic E-state index is 12.7. The van der Waals surface area contributed by atoms with Gasteiger partial charge in [0.25, 0.3) is 0 Å². The van der Waals surface area contributed by atoms with Gasteiger partial charge in [-0.3, -0.25) is 4.90 Å². The van der Waals surface area contributed by atoms with Gasteiger partial charge in [0.1, 0.15) is 5.82 Å². The lowest BCUT2D eigenvalue weighted by Gasteiger charge is -2.37. The zero-order valence-electron chi connectivity index (χ0n) is 14.2. The van der Waals surface area contributed by atoms with Crippen molar-refractivity contribution in [2.24, 2.45) is 5.92 Å². The molecule has 0 bridgehead atoms. The molecular weight excluding hydrogens is 314 g/mol. The number of aromatic nitrogens is 1. The number of hydrogen-bond donors (Lipinski definition) is 2. The van der Waals surface area contributed by atoms with Gasteiger partial charge in [0, 0.05) is 25.8 Å². The highest BCUT2D eigenvalue weighted by Gasteiger charge is 2.28. The number of carbonyl (C=O) groups excluding carboxylic acids is 1. The Morgan fingerprint density at radius 2 is 2.00 bits per heavy atom. The first-order valence-corrected chi connectivity index (χ1v) is 8.86. The average Bonchev–Trinajstić information content (AvgIpc) is 3.19. The SMILES string of the molecule is O=C(NC[C@H]1CCNC1)N1CCN(c2ccccn2)c2ccccc21. The fourth-order valence-corrected chi connectivity index (χ4v) is 3.54. The van der Waals surface area contributed by atoms with E-state index in [4.69, 9.17) is 0 Å². The predicted molar refractivity (Wildman–Crippen MR) is 99.4 cm³/mol. The molecule has 25 heavy (non-hydrogen) atoms. The largest absolute Gasteiger partial charge is 0.337 e. The summed E-state index contributed by atoms with van der Waals surface area (Å²) in [7, 11) is 0. The Hall–Kier alpha value is -2.60. The van der Waals surface area contributed by atoms with Crippen molar-refractivity contribution in [3.05, 3.63) is 48.7 Å². The van der Waals surface area contributed by atoms with Gasteiger partial charge >= 0.3 is 6.03 Å². The molecule has 1 atom stereocenters. The van der Waals surface area contributed by atoms with Gasteiger partial charge in [-0.15, -0.1) is 0 Å². The van der Waals surface area contributed by atoms with Crippen LogP contribution in [0.15, 0.2) is 48.7 Å². The van der Waals surface area contributed by atoms with E-state index in [2.05, 4.69) is 20.5 Å². The number of amides is 2. The van der Waals surface area contributed by atoms with Crippen LogP contribution in [0.4, 0.5) is 22.0 Å². The second-order valence-corrected chi connectivity index (χ2v) is 6.52. The van der Waals surface area contributed by atoms with Gasteiger partial charge in [-0.1, -0.05) is 18.2 Å². The Labute approximate surface area is 147 Å². The molecule has 130 valence electrons. The van der Waals surface area contributed by atoms with Crippen LogP contribution in [0.1, 0.15) is 6.42 Å². The minimum atomic E-state index is -0.0139. The van der Waals surface area contributed by atoms with Crippen LogP contribution in [0.5, 0.6) is 0 Å². The molecule has 0 radical (unpaired) electrons. The Morgan fingerprint density at radius 1 is 1.16 bits per heavy atom. The van der Waals surface area contributed by atoms with Crippen LogP contribution < -0.4 is 20.4 Å². The molecule has 0 aliphatic carbocycles. The molecule has 1 aromatic heterocycles. The van der Waals surface area contributed by atoms with Gasteiger partial charge in [-0.2, -0.15) is 0 Å². The molecule has 1 saturated heterocycles. The third kappa shape index (κ3) is 3.30. The molecule has 4 rings (SSSR count).